The second kappa shape index (κ2) is 6.02. The van der Waals surface area contributed by atoms with Gasteiger partial charge >= 0.3 is 0 Å². The zero-order chi connectivity index (χ0) is 12.9. The van der Waals surface area contributed by atoms with Gasteiger partial charge in [-0.25, -0.2) is 4.98 Å². The van der Waals surface area contributed by atoms with Gasteiger partial charge in [0.25, 0.3) is 0 Å². The number of piperidine rings is 1. The van der Waals surface area contributed by atoms with Gasteiger partial charge in [0.2, 0.25) is 0 Å². The van der Waals surface area contributed by atoms with Crippen LogP contribution in [0.1, 0.15) is 30.9 Å². The number of aryl methyl sites for hydroxylation is 2. The van der Waals surface area contributed by atoms with Gasteiger partial charge in [0.1, 0.15) is 0 Å². The molecule has 3 rings (SSSR count). The predicted molar refractivity (Wildman–Crippen MR) is 73.9 cm³/mol. The molecule has 0 bridgehead atoms. The Bertz CT molecular complexity index is 482. The monoisotopic (exact) mass is 259 g/mol. The Kier molecular flexibility index (Phi) is 3.93. The summed E-state index contributed by atoms with van der Waals surface area (Å²) in [5.41, 5.74) is 1.38. The van der Waals surface area contributed by atoms with Crippen molar-refractivity contribution in [1.82, 2.24) is 24.6 Å². The maximum Gasteiger partial charge on any atom is 0.0948 e. The Morgan fingerprint density at radius 1 is 1.37 bits per heavy atom. The standard InChI is InChI=1S/C14H21N5/c1-4-13(10-15-5-1)14-11-16-12-18(14)7-3-9-19-8-2-6-17-19/h2,6,8,11-13,15H,1,3-5,7,9-10H2. The minimum Gasteiger partial charge on any atom is -0.334 e. The first-order valence-electron chi connectivity index (χ1n) is 7.11. The molecule has 0 aliphatic carbocycles. The molecule has 0 aromatic carbocycles. The lowest BCUT2D eigenvalue weighted by molar-refractivity contribution is 0.433. The van der Waals surface area contributed by atoms with Gasteiger partial charge in [-0.3, -0.25) is 4.68 Å². The third kappa shape index (κ3) is 3.04. The van der Waals surface area contributed by atoms with E-state index in [1.807, 2.05) is 35.7 Å². The fourth-order valence-electron chi connectivity index (χ4n) is 2.80. The van der Waals surface area contributed by atoms with Crippen LogP contribution in [0.25, 0.3) is 0 Å². The van der Waals surface area contributed by atoms with Gasteiger partial charge in [0.15, 0.2) is 0 Å². The Hall–Kier alpha value is -1.62. The average molecular weight is 259 g/mol. The van der Waals surface area contributed by atoms with Crippen molar-refractivity contribution in [3.8, 4) is 0 Å². The summed E-state index contributed by atoms with van der Waals surface area (Å²) in [7, 11) is 0. The first kappa shape index (κ1) is 12.4. The Morgan fingerprint density at radius 2 is 2.37 bits per heavy atom. The highest BCUT2D eigenvalue weighted by Gasteiger charge is 2.18. The number of hydrogen-bond acceptors (Lipinski definition) is 3. The highest BCUT2D eigenvalue weighted by atomic mass is 15.3. The van der Waals surface area contributed by atoms with Crippen molar-refractivity contribution in [2.24, 2.45) is 0 Å². The molecule has 2 aromatic heterocycles. The van der Waals surface area contributed by atoms with E-state index in [1.54, 1.807) is 0 Å². The lowest BCUT2D eigenvalue weighted by Gasteiger charge is -2.23. The molecular formula is C14H21N5. The lowest BCUT2D eigenvalue weighted by Crippen LogP contribution is -2.29. The number of hydrogen-bond donors (Lipinski definition) is 1. The van der Waals surface area contributed by atoms with Gasteiger partial charge in [-0.1, -0.05) is 0 Å². The molecule has 0 saturated carbocycles. The number of aromatic nitrogens is 4. The zero-order valence-electron chi connectivity index (χ0n) is 11.2. The molecule has 1 atom stereocenters. The number of nitrogens with one attached hydrogen (secondary N) is 1. The quantitative estimate of drug-likeness (QED) is 0.888. The molecule has 0 radical (unpaired) electrons. The third-order valence-corrected chi connectivity index (χ3v) is 3.81. The summed E-state index contributed by atoms with van der Waals surface area (Å²) in [5.74, 6) is 0.626. The van der Waals surface area contributed by atoms with Crippen LogP contribution in [0.5, 0.6) is 0 Å². The van der Waals surface area contributed by atoms with Crippen molar-refractivity contribution in [3.63, 3.8) is 0 Å². The van der Waals surface area contributed by atoms with Crippen LogP contribution in [-0.2, 0) is 13.1 Å². The van der Waals surface area contributed by atoms with E-state index in [0.717, 1.165) is 32.6 Å². The van der Waals surface area contributed by atoms with Crippen LogP contribution in [-0.4, -0.2) is 32.4 Å². The van der Waals surface area contributed by atoms with Crippen LogP contribution in [0.2, 0.25) is 0 Å². The summed E-state index contributed by atoms with van der Waals surface area (Å²) in [4.78, 5) is 4.33. The molecule has 1 N–H and O–H groups in total. The van der Waals surface area contributed by atoms with Crippen LogP contribution in [0.15, 0.2) is 31.0 Å². The summed E-state index contributed by atoms with van der Waals surface area (Å²) in [6.45, 7) is 4.23. The molecule has 1 unspecified atom stereocenters. The molecule has 1 fully saturated rings. The smallest absolute Gasteiger partial charge is 0.0948 e. The van der Waals surface area contributed by atoms with E-state index < -0.39 is 0 Å². The van der Waals surface area contributed by atoms with Gasteiger partial charge < -0.3 is 9.88 Å². The molecule has 1 saturated heterocycles. The largest absolute Gasteiger partial charge is 0.334 e. The summed E-state index contributed by atoms with van der Waals surface area (Å²) < 4.78 is 4.29. The van der Waals surface area contributed by atoms with E-state index in [4.69, 9.17) is 0 Å². The predicted octanol–water partition coefficient (Wildman–Crippen LogP) is 1.64. The SMILES string of the molecule is c1cnn(CCCn2cncc2C2CCCNC2)c1. The number of nitrogens with zero attached hydrogens (tertiary/aromatic N) is 4. The van der Waals surface area contributed by atoms with Crippen molar-refractivity contribution < 1.29 is 0 Å². The van der Waals surface area contributed by atoms with Gasteiger partial charge in [0, 0.05) is 49.8 Å². The minimum atomic E-state index is 0.626. The van der Waals surface area contributed by atoms with E-state index in [-0.39, 0.29) is 0 Å². The molecule has 0 amide bonds. The van der Waals surface area contributed by atoms with Gasteiger partial charge in [0.05, 0.1) is 6.33 Å². The normalized spacial score (nSPS) is 19.7. The number of imidazole rings is 1. The molecule has 1 aliphatic heterocycles. The van der Waals surface area contributed by atoms with Crippen molar-refractivity contribution in [2.45, 2.75) is 38.3 Å². The maximum absolute atomic E-state index is 4.33. The first-order chi connectivity index (χ1) is 9.43. The summed E-state index contributed by atoms with van der Waals surface area (Å²) in [5, 5.41) is 7.70. The van der Waals surface area contributed by atoms with E-state index in [1.165, 1.54) is 18.5 Å². The Labute approximate surface area is 113 Å². The van der Waals surface area contributed by atoms with Crippen LogP contribution >= 0.6 is 0 Å². The van der Waals surface area contributed by atoms with E-state index in [2.05, 4.69) is 20.0 Å². The van der Waals surface area contributed by atoms with E-state index >= 15 is 0 Å². The molecule has 2 aromatic rings. The molecule has 19 heavy (non-hydrogen) atoms. The van der Waals surface area contributed by atoms with Crippen molar-refractivity contribution in [3.05, 3.63) is 36.7 Å². The van der Waals surface area contributed by atoms with Crippen molar-refractivity contribution >= 4 is 0 Å². The lowest BCUT2D eigenvalue weighted by atomic mass is 9.96. The third-order valence-electron chi connectivity index (χ3n) is 3.81. The van der Waals surface area contributed by atoms with Gasteiger partial charge in [-0.15, -0.1) is 0 Å². The molecular weight excluding hydrogens is 238 g/mol. The molecule has 3 heterocycles. The van der Waals surface area contributed by atoms with Crippen molar-refractivity contribution in [2.75, 3.05) is 13.1 Å². The van der Waals surface area contributed by atoms with Crippen LogP contribution in [0.4, 0.5) is 0 Å². The Balaban J connectivity index is 1.57. The Morgan fingerprint density at radius 3 is 3.16 bits per heavy atom. The molecule has 5 nitrogen and oxygen atoms in total. The second-order valence-corrected chi connectivity index (χ2v) is 5.18. The second-order valence-electron chi connectivity index (χ2n) is 5.18. The average Bonchev–Trinajstić information content (AvgIpc) is 3.11. The first-order valence-corrected chi connectivity index (χ1v) is 7.11. The fourth-order valence-corrected chi connectivity index (χ4v) is 2.80. The van der Waals surface area contributed by atoms with Crippen LogP contribution in [0.3, 0.4) is 0 Å². The van der Waals surface area contributed by atoms with Gasteiger partial charge in [-0.05, 0) is 31.9 Å². The van der Waals surface area contributed by atoms with Crippen LogP contribution < -0.4 is 5.32 Å². The maximum atomic E-state index is 4.33. The highest BCUT2D eigenvalue weighted by Crippen LogP contribution is 2.22. The van der Waals surface area contributed by atoms with E-state index in [9.17, 15) is 0 Å². The topological polar surface area (TPSA) is 47.7 Å². The minimum absolute atomic E-state index is 0.626. The molecule has 102 valence electrons. The van der Waals surface area contributed by atoms with Crippen LogP contribution in [0, 0.1) is 0 Å². The van der Waals surface area contributed by atoms with Gasteiger partial charge in [-0.2, -0.15) is 5.10 Å². The van der Waals surface area contributed by atoms with Crippen molar-refractivity contribution in [1.29, 1.82) is 0 Å². The summed E-state index contributed by atoms with van der Waals surface area (Å²) in [6, 6.07) is 1.97. The summed E-state index contributed by atoms with van der Waals surface area (Å²) >= 11 is 0. The zero-order valence-corrected chi connectivity index (χ0v) is 11.2. The van der Waals surface area contributed by atoms with E-state index in [0.29, 0.717) is 5.92 Å². The fraction of sp³-hybridized carbons (Fsp3) is 0.571. The molecule has 5 heteroatoms. The number of rotatable bonds is 5. The molecule has 1 aliphatic rings. The summed E-state index contributed by atoms with van der Waals surface area (Å²) in [6.07, 6.45) is 11.5. The molecule has 0 spiro atoms. The highest BCUT2D eigenvalue weighted by molar-refractivity contribution is 5.08.